The maximum Gasteiger partial charge on any atom is 0.254 e. The van der Waals surface area contributed by atoms with Gasteiger partial charge < -0.3 is 19.9 Å². The van der Waals surface area contributed by atoms with Crippen molar-refractivity contribution in [2.45, 2.75) is 51.0 Å². The Balaban J connectivity index is 1.19. The number of aromatic nitrogens is 1. The summed E-state index contributed by atoms with van der Waals surface area (Å²) in [4.78, 5) is 47.5. The molecule has 5 rings (SSSR count). The maximum absolute atomic E-state index is 13.7. The molecule has 2 unspecified atom stereocenters. The van der Waals surface area contributed by atoms with Crippen molar-refractivity contribution in [1.29, 1.82) is 0 Å². The molecule has 1 aromatic carbocycles. The molecule has 38 heavy (non-hydrogen) atoms. The number of rotatable bonds is 5. The normalized spacial score (nSPS) is 22.8. The summed E-state index contributed by atoms with van der Waals surface area (Å²) < 4.78 is 5.16. The molecular formula is C29H35ClN4O4. The Bertz CT molecular complexity index is 1180. The van der Waals surface area contributed by atoms with Crippen molar-refractivity contribution in [3.05, 3.63) is 58.7 Å². The van der Waals surface area contributed by atoms with Gasteiger partial charge in [-0.1, -0.05) is 42.6 Å². The third-order valence-corrected chi connectivity index (χ3v) is 8.72. The third-order valence-electron chi connectivity index (χ3n) is 8.52. The Kier molecular flexibility index (Phi) is 7.88. The van der Waals surface area contributed by atoms with Crippen LogP contribution in [0, 0.1) is 11.3 Å². The van der Waals surface area contributed by atoms with E-state index in [-0.39, 0.29) is 40.2 Å². The number of benzene rings is 1. The molecule has 202 valence electrons. The summed E-state index contributed by atoms with van der Waals surface area (Å²) in [7, 11) is 1.50. The van der Waals surface area contributed by atoms with Crippen LogP contribution in [0.4, 0.5) is 0 Å². The van der Waals surface area contributed by atoms with Gasteiger partial charge in [0.25, 0.3) is 11.8 Å². The molecule has 2 aliphatic heterocycles. The summed E-state index contributed by atoms with van der Waals surface area (Å²) in [5, 5.41) is 3.38. The molecule has 1 N–H and O–H groups in total. The second kappa shape index (κ2) is 11.3. The lowest BCUT2D eigenvalue weighted by atomic mass is 9.77. The lowest BCUT2D eigenvalue weighted by Crippen LogP contribution is -2.50. The quantitative estimate of drug-likeness (QED) is 0.576. The second-order valence-electron chi connectivity index (χ2n) is 10.9. The highest BCUT2D eigenvalue weighted by Gasteiger charge is 2.45. The van der Waals surface area contributed by atoms with Gasteiger partial charge in [0.15, 0.2) is 0 Å². The average molecular weight is 539 g/mol. The van der Waals surface area contributed by atoms with Gasteiger partial charge >= 0.3 is 0 Å². The van der Waals surface area contributed by atoms with E-state index in [9.17, 15) is 14.4 Å². The number of nitrogens with one attached hydrogen (secondary N) is 1. The van der Waals surface area contributed by atoms with E-state index in [1.807, 2.05) is 28.0 Å². The number of piperidine rings is 1. The molecule has 0 radical (unpaired) electrons. The molecule has 1 aromatic heterocycles. The van der Waals surface area contributed by atoms with Gasteiger partial charge in [0, 0.05) is 49.4 Å². The lowest BCUT2D eigenvalue weighted by Gasteiger charge is -2.40. The highest BCUT2D eigenvalue weighted by atomic mass is 35.5. The minimum absolute atomic E-state index is 0.0392. The summed E-state index contributed by atoms with van der Waals surface area (Å²) in [6.45, 7) is 2.74. The van der Waals surface area contributed by atoms with Crippen LogP contribution in [-0.4, -0.2) is 71.8 Å². The monoisotopic (exact) mass is 538 g/mol. The average Bonchev–Trinajstić information content (AvgIpc) is 3.36. The van der Waals surface area contributed by atoms with Gasteiger partial charge in [-0.15, -0.1) is 0 Å². The van der Waals surface area contributed by atoms with Gasteiger partial charge in [0.05, 0.1) is 13.0 Å². The molecule has 9 heteroatoms. The largest absolute Gasteiger partial charge is 0.481 e. The van der Waals surface area contributed by atoms with Crippen molar-refractivity contribution in [2.75, 3.05) is 33.3 Å². The Morgan fingerprint density at radius 3 is 2.37 bits per heavy atom. The first-order valence-corrected chi connectivity index (χ1v) is 13.9. The number of halogens is 1. The van der Waals surface area contributed by atoms with Crippen molar-refractivity contribution in [2.24, 2.45) is 11.3 Å². The number of hydrogen-bond acceptors (Lipinski definition) is 5. The Morgan fingerprint density at radius 2 is 1.66 bits per heavy atom. The van der Waals surface area contributed by atoms with Crippen molar-refractivity contribution in [1.82, 2.24) is 20.1 Å². The fraction of sp³-hybridized carbons (Fsp3) is 0.517. The number of likely N-dealkylation sites (tertiary alicyclic amines) is 2. The van der Waals surface area contributed by atoms with Crippen LogP contribution in [0.15, 0.2) is 42.5 Å². The molecule has 0 bridgehead atoms. The van der Waals surface area contributed by atoms with Crippen LogP contribution < -0.4 is 10.1 Å². The molecule has 1 aliphatic carbocycles. The van der Waals surface area contributed by atoms with Crippen LogP contribution in [0.5, 0.6) is 5.88 Å². The summed E-state index contributed by atoms with van der Waals surface area (Å²) >= 11 is 6.07. The topological polar surface area (TPSA) is 91.8 Å². The molecule has 3 aliphatic rings. The highest BCUT2D eigenvalue weighted by Crippen LogP contribution is 2.42. The molecule has 1 saturated carbocycles. The predicted octanol–water partition coefficient (Wildman–Crippen LogP) is 4.19. The van der Waals surface area contributed by atoms with E-state index in [1.165, 1.54) is 7.11 Å². The van der Waals surface area contributed by atoms with Crippen LogP contribution in [0.1, 0.15) is 65.7 Å². The number of amides is 3. The Hall–Kier alpha value is -3.13. The Morgan fingerprint density at radius 1 is 0.974 bits per heavy atom. The summed E-state index contributed by atoms with van der Waals surface area (Å²) in [6, 6.07) is 12.2. The molecule has 3 heterocycles. The minimum atomic E-state index is -0.181. The fourth-order valence-corrected chi connectivity index (χ4v) is 6.47. The number of carbonyl (C=O) groups is 3. The fourth-order valence-electron chi connectivity index (χ4n) is 6.27. The first-order valence-electron chi connectivity index (χ1n) is 13.5. The van der Waals surface area contributed by atoms with Gasteiger partial charge in [-0.3, -0.25) is 14.4 Å². The summed E-state index contributed by atoms with van der Waals surface area (Å²) in [6.07, 6.45) is 6.33. The zero-order valence-corrected chi connectivity index (χ0v) is 22.6. The van der Waals surface area contributed by atoms with E-state index in [2.05, 4.69) is 10.3 Å². The predicted molar refractivity (Wildman–Crippen MR) is 144 cm³/mol. The van der Waals surface area contributed by atoms with Crippen LogP contribution in [0.3, 0.4) is 0 Å². The first-order chi connectivity index (χ1) is 18.4. The van der Waals surface area contributed by atoms with Gasteiger partial charge in [0.1, 0.15) is 5.15 Å². The van der Waals surface area contributed by atoms with Crippen LogP contribution >= 0.6 is 11.6 Å². The molecule has 2 atom stereocenters. The molecule has 3 amide bonds. The number of nitrogens with zero attached hydrogens (tertiary/aromatic N) is 3. The highest BCUT2D eigenvalue weighted by molar-refractivity contribution is 6.29. The van der Waals surface area contributed by atoms with Crippen molar-refractivity contribution < 1.29 is 19.1 Å². The van der Waals surface area contributed by atoms with Crippen LogP contribution in [0.25, 0.3) is 0 Å². The summed E-state index contributed by atoms with van der Waals surface area (Å²) in [5.41, 5.74) is 1.14. The summed E-state index contributed by atoms with van der Waals surface area (Å²) in [5.74, 6) is 0.114. The number of hydrogen-bond donors (Lipinski definition) is 1. The van der Waals surface area contributed by atoms with E-state index >= 15 is 0 Å². The SMILES string of the molecule is COc1cc(C(=O)N2CCC3(CC2)CCN(C(=O)C2CCCCC2NC(=O)c2ccccc2)C3)cc(Cl)n1. The van der Waals surface area contributed by atoms with Gasteiger partial charge in [-0.25, -0.2) is 4.98 Å². The zero-order chi connectivity index (χ0) is 26.7. The third kappa shape index (κ3) is 5.65. The standard InChI is InChI=1S/C29H35ClN4O4/c1-38-25-18-21(17-24(30)32-25)27(36)33-14-11-29(12-15-33)13-16-34(19-29)28(37)22-9-5-6-10-23(22)31-26(35)20-7-3-2-4-8-20/h2-4,7-8,17-18,22-23H,5-6,9-16,19H2,1H3,(H,31,35). The molecule has 8 nitrogen and oxygen atoms in total. The second-order valence-corrected chi connectivity index (χ2v) is 11.2. The van der Waals surface area contributed by atoms with Gasteiger partial charge in [-0.05, 0) is 55.7 Å². The first kappa shape index (κ1) is 26.5. The van der Waals surface area contributed by atoms with E-state index in [4.69, 9.17) is 16.3 Å². The van der Waals surface area contributed by atoms with E-state index < -0.39 is 0 Å². The van der Waals surface area contributed by atoms with Gasteiger partial charge in [-0.2, -0.15) is 0 Å². The van der Waals surface area contributed by atoms with Crippen molar-refractivity contribution in [3.8, 4) is 5.88 Å². The molecule has 2 aromatic rings. The van der Waals surface area contributed by atoms with Crippen molar-refractivity contribution in [3.63, 3.8) is 0 Å². The maximum atomic E-state index is 13.7. The van der Waals surface area contributed by atoms with E-state index in [0.29, 0.717) is 30.1 Å². The molecule has 2 saturated heterocycles. The minimum Gasteiger partial charge on any atom is -0.481 e. The number of carbonyl (C=O) groups excluding carboxylic acids is 3. The van der Waals surface area contributed by atoms with Crippen LogP contribution in [0.2, 0.25) is 5.15 Å². The van der Waals surface area contributed by atoms with Crippen LogP contribution in [-0.2, 0) is 4.79 Å². The van der Waals surface area contributed by atoms with E-state index in [0.717, 1.165) is 58.0 Å². The molecular weight excluding hydrogens is 504 g/mol. The molecule has 3 fully saturated rings. The number of methoxy groups -OCH3 is 1. The molecule has 1 spiro atoms. The van der Waals surface area contributed by atoms with Gasteiger partial charge in [0.2, 0.25) is 11.8 Å². The van der Waals surface area contributed by atoms with E-state index in [1.54, 1.807) is 24.3 Å². The Labute approximate surface area is 228 Å². The lowest BCUT2D eigenvalue weighted by molar-refractivity contribution is -0.136. The number of pyridine rings is 1. The number of ether oxygens (including phenoxy) is 1. The van der Waals surface area contributed by atoms with Crippen molar-refractivity contribution >= 4 is 29.3 Å². The zero-order valence-electron chi connectivity index (χ0n) is 21.8. The smallest absolute Gasteiger partial charge is 0.254 e.